The maximum Gasteiger partial charge on any atom is 0.122 e. The summed E-state index contributed by atoms with van der Waals surface area (Å²) in [5.74, 6) is 1.56. The summed E-state index contributed by atoms with van der Waals surface area (Å²) in [6.45, 7) is 5.21. The highest BCUT2D eigenvalue weighted by molar-refractivity contribution is 5.63. The number of pyridine rings is 1. The van der Waals surface area contributed by atoms with E-state index in [2.05, 4.69) is 49.2 Å². The number of nitrogens with zero attached hydrogens (tertiary/aromatic N) is 1. The van der Waals surface area contributed by atoms with Crippen LogP contribution in [-0.2, 0) is 6.42 Å². The minimum Gasteiger partial charge on any atom is -0.493 e. The second-order valence-corrected chi connectivity index (χ2v) is 5.05. The first kappa shape index (κ1) is 11.3. The SMILES string of the molecule is CC(C)c1ccnc(-c2ccc3c(c2)CCO3)c1. The molecule has 0 saturated carbocycles. The van der Waals surface area contributed by atoms with Gasteiger partial charge in [-0.3, -0.25) is 4.98 Å². The van der Waals surface area contributed by atoms with Crippen LogP contribution in [0.25, 0.3) is 11.3 Å². The van der Waals surface area contributed by atoms with E-state index in [1.165, 1.54) is 16.7 Å². The van der Waals surface area contributed by atoms with Crippen LogP contribution >= 0.6 is 0 Å². The summed E-state index contributed by atoms with van der Waals surface area (Å²) in [5, 5.41) is 0. The van der Waals surface area contributed by atoms with Crippen LogP contribution in [0.1, 0.15) is 30.9 Å². The van der Waals surface area contributed by atoms with Crippen LogP contribution in [0.2, 0.25) is 0 Å². The molecule has 18 heavy (non-hydrogen) atoms. The monoisotopic (exact) mass is 239 g/mol. The van der Waals surface area contributed by atoms with Crippen molar-refractivity contribution in [1.29, 1.82) is 0 Å². The highest BCUT2D eigenvalue weighted by Crippen LogP contribution is 2.30. The lowest BCUT2D eigenvalue weighted by atomic mass is 10.0. The van der Waals surface area contributed by atoms with Crippen molar-refractivity contribution in [2.24, 2.45) is 0 Å². The van der Waals surface area contributed by atoms with Crippen LogP contribution in [0, 0.1) is 0 Å². The Balaban J connectivity index is 2.02. The first-order valence-corrected chi connectivity index (χ1v) is 6.46. The summed E-state index contributed by atoms with van der Waals surface area (Å²) in [5.41, 5.74) is 4.86. The Kier molecular flexibility index (Phi) is 2.78. The highest BCUT2D eigenvalue weighted by atomic mass is 16.5. The molecule has 0 spiro atoms. The standard InChI is InChI=1S/C16H17NO/c1-11(2)12-5-7-17-15(10-12)13-3-4-16-14(9-13)6-8-18-16/h3-5,7,9-11H,6,8H2,1-2H3. The van der Waals surface area contributed by atoms with Gasteiger partial charge < -0.3 is 4.74 Å². The van der Waals surface area contributed by atoms with Gasteiger partial charge in [0, 0.05) is 18.2 Å². The van der Waals surface area contributed by atoms with E-state index in [0.717, 1.165) is 24.5 Å². The maximum absolute atomic E-state index is 5.53. The summed E-state index contributed by atoms with van der Waals surface area (Å²) in [4.78, 5) is 4.48. The first-order chi connectivity index (χ1) is 8.74. The molecule has 0 aliphatic carbocycles. The normalized spacial score (nSPS) is 13.5. The fourth-order valence-electron chi connectivity index (χ4n) is 2.31. The molecule has 3 rings (SSSR count). The van der Waals surface area contributed by atoms with Crippen molar-refractivity contribution in [2.45, 2.75) is 26.2 Å². The molecule has 1 aliphatic rings. The molecule has 2 nitrogen and oxygen atoms in total. The van der Waals surface area contributed by atoms with Gasteiger partial charge in [0.15, 0.2) is 0 Å². The van der Waals surface area contributed by atoms with Crippen molar-refractivity contribution in [1.82, 2.24) is 4.98 Å². The second-order valence-electron chi connectivity index (χ2n) is 5.05. The molecule has 92 valence electrons. The van der Waals surface area contributed by atoms with Gasteiger partial charge in [-0.15, -0.1) is 0 Å². The Hall–Kier alpha value is -1.83. The van der Waals surface area contributed by atoms with Crippen molar-refractivity contribution in [2.75, 3.05) is 6.61 Å². The van der Waals surface area contributed by atoms with E-state index >= 15 is 0 Å². The first-order valence-electron chi connectivity index (χ1n) is 6.46. The van der Waals surface area contributed by atoms with Gasteiger partial charge in [0.05, 0.1) is 12.3 Å². The van der Waals surface area contributed by atoms with E-state index in [1.807, 2.05) is 6.20 Å². The molecule has 0 unspecified atom stereocenters. The third kappa shape index (κ3) is 1.99. The lowest BCUT2D eigenvalue weighted by molar-refractivity contribution is 0.357. The molecule has 2 aromatic rings. The van der Waals surface area contributed by atoms with Crippen LogP contribution in [0.15, 0.2) is 36.5 Å². The van der Waals surface area contributed by atoms with E-state index in [-0.39, 0.29) is 0 Å². The molecule has 2 heterocycles. The van der Waals surface area contributed by atoms with Gasteiger partial charge in [0.1, 0.15) is 5.75 Å². The van der Waals surface area contributed by atoms with E-state index in [1.54, 1.807) is 0 Å². The van der Waals surface area contributed by atoms with Gasteiger partial charge in [-0.25, -0.2) is 0 Å². The molecule has 0 bridgehead atoms. The van der Waals surface area contributed by atoms with Crippen LogP contribution in [0.3, 0.4) is 0 Å². The molecule has 0 saturated heterocycles. The lowest BCUT2D eigenvalue weighted by Gasteiger charge is -2.08. The van der Waals surface area contributed by atoms with Gasteiger partial charge >= 0.3 is 0 Å². The molecule has 2 heteroatoms. The Morgan fingerprint density at radius 3 is 2.89 bits per heavy atom. The van der Waals surface area contributed by atoms with E-state index in [4.69, 9.17) is 4.74 Å². The maximum atomic E-state index is 5.53. The largest absolute Gasteiger partial charge is 0.493 e. The fraction of sp³-hybridized carbons (Fsp3) is 0.312. The quantitative estimate of drug-likeness (QED) is 0.795. The van der Waals surface area contributed by atoms with Crippen molar-refractivity contribution >= 4 is 0 Å². The number of hydrogen-bond acceptors (Lipinski definition) is 2. The summed E-state index contributed by atoms with van der Waals surface area (Å²) in [7, 11) is 0. The zero-order valence-corrected chi connectivity index (χ0v) is 10.8. The minimum absolute atomic E-state index is 0.532. The van der Waals surface area contributed by atoms with Gasteiger partial charge in [-0.2, -0.15) is 0 Å². The highest BCUT2D eigenvalue weighted by Gasteiger charge is 2.13. The number of benzene rings is 1. The topological polar surface area (TPSA) is 22.1 Å². The Morgan fingerprint density at radius 2 is 2.06 bits per heavy atom. The average Bonchev–Trinajstić information content (AvgIpc) is 2.86. The van der Waals surface area contributed by atoms with Crippen LogP contribution in [0.4, 0.5) is 0 Å². The molecular formula is C16H17NO. The summed E-state index contributed by atoms with van der Waals surface area (Å²) >= 11 is 0. The van der Waals surface area contributed by atoms with E-state index in [9.17, 15) is 0 Å². The molecule has 1 aromatic heterocycles. The summed E-state index contributed by atoms with van der Waals surface area (Å²) in [6.07, 6.45) is 2.90. The van der Waals surface area contributed by atoms with Crippen molar-refractivity contribution in [3.05, 3.63) is 47.7 Å². The van der Waals surface area contributed by atoms with E-state index < -0.39 is 0 Å². The molecule has 1 aromatic carbocycles. The third-order valence-corrected chi connectivity index (χ3v) is 3.44. The number of rotatable bonds is 2. The second kappa shape index (κ2) is 4.45. The van der Waals surface area contributed by atoms with Gasteiger partial charge in [-0.1, -0.05) is 13.8 Å². The molecular weight excluding hydrogens is 222 g/mol. The van der Waals surface area contributed by atoms with Crippen molar-refractivity contribution in [3.8, 4) is 17.0 Å². The van der Waals surface area contributed by atoms with E-state index in [0.29, 0.717) is 5.92 Å². The lowest BCUT2D eigenvalue weighted by Crippen LogP contribution is -1.91. The Labute approximate surface area is 108 Å². The predicted octanol–water partition coefficient (Wildman–Crippen LogP) is 3.81. The minimum atomic E-state index is 0.532. The smallest absolute Gasteiger partial charge is 0.122 e. The molecule has 0 atom stereocenters. The average molecular weight is 239 g/mol. The third-order valence-electron chi connectivity index (χ3n) is 3.44. The van der Waals surface area contributed by atoms with Crippen molar-refractivity contribution < 1.29 is 4.74 Å². The van der Waals surface area contributed by atoms with Gasteiger partial charge in [0.25, 0.3) is 0 Å². The fourth-order valence-corrected chi connectivity index (χ4v) is 2.31. The zero-order chi connectivity index (χ0) is 12.5. The molecule has 0 radical (unpaired) electrons. The molecule has 0 N–H and O–H groups in total. The van der Waals surface area contributed by atoms with Crippen LogP contribution in [-0.4, -0.2) is 11.6 Å². The number of hydrogen-bond donors (Lipinski definition) is 0. The van der Waals surface area contributed by atoms with Crippen LogP contribution < -0.4 is 4.74 Å². The Morgan fingerprint density at radius 1 is 1.17 bits per heavy atom. The van der Waals surface area contributed by atoms with Crippen molar-refractivity contribution in [3.63, 3.8) is 0 Å². The Bertz CT molecular complexity index is 575. The molecule has 1 aliphatic heterocycles. The zero-order valence-electron chi connectivity index (χ0n) is 10.8. The number of aromatic nitrogens is 1. The number of fused-ring (bicyclic) bond motifs is 1. The number of ether oxygens (including phenoxy) is 1. The van der Waals surface area contributed by atoms with Gasteiger partial charge in [-0.05, 0) is 47.4 Å². The van der Waals surface area contributed by atoms with Crippen LogP contribution in [0.5, 0.6) is 5.75 Å². The molecule has 0 amide bonds. The predicted molar refractivity (Wildman–Crippen MR) is 73.0 cm³/mol. The van der Waals surface area contributed by atoms with Gasteiger partial charge in [0.2, 0.25) is 0 Å². The summed E-state index contributed by atoms with van der Waals surface area (Å²) in [6, 6.07) is 10.6. The molecule has 0 fully saturated rings. The summed E-state index contributed by atoms with van der Waals surface area (Å²) < 4.78 is 5.53.